The number of rotatable bonds is 4. The molecule has 0 aromatic carbocycles. The second-order valence-corrected chi connectivity index (χ2v) is 13.8. The Morgan fingerprint density at radius 1 is 1.16 bits per heavy atom. The fourth-order valence-electron chi connectivity index (χ4n) is 10.3. The van der Waals surface area contributed by atoms with Crippen LogP contribution in [0.4, 0.5) is 10.2 Å². The van der Waals surface area contributed by atoms with Gasteiger partial charge in [0.2, 0.25) is 5.91 Å². The first-order valence-corrected chi connectivity index (χ1v) is 14.9. The Balaban J connectivity index is 1.13. The number of carbonyl (C=O) groups is 1. The fraction of sp³-hybridized carbons (Fsp3) is 0.806. The maximum atomic E-state index is 13.5. The molecule has 0 saturated heterocycles. The van der Waals surface area contributed by atoms with Gasteiger partial charge in [-0.3, -0.25) is 9.69 Å². The van der Waals surface area contributed by atoms with Crippen LogP contribution in [0.25, 0.3) is 0 Å². The number of hydrogen-bond acceptors (Lipinski definition) is 4. The quantitative estimate of drug-likeness (QED) is 0.557. The van der Waals surface area contributed by atoms with Crippen molar-refractivity contribution >= 4 is 11.7 Å². The number of pyridine rings is 1. The lowest BCUT2D eigenvalue weighted by Crippen LogP contribution is -2.58. The number of nitrogens with zero attached hydrogens (tertiary/aromatic N) is 2. The summed E-state index contributed by atoms with van der Waals surface area (Å²) in [6.45, 7) is 7.70. The normalized spacial score (nSPS) is 43.5. The number of aliphatic hydroxyl groups is 2. The van der Waals surface area contributed by atoms with E-state index < -0.39 is 0 Å². The summed E-state index contributed by atoms with van der Waals surface area (Å²) in [7, 11) is 0. The number of aliphatic hydroxyl groups excluding tert-OH is 2. The molecule has 6 rings (SSSR count). The minimum absolute atomic E-state index is 0.0828. The van der Waals surface area contributed by atoms with Crippen molar-refractivity contribution in [1.82, 2.24) is 4.98 Å². The van der Waals surface area contributed by atoms with E-state index in [2.05, 4.69) is 25.8 Å². The molecule has 204 valence electrons. The molecule has 0 bridgehead atoms. The third-order valence-electron chi connectivity index (χ3n) is 12.4. The zero-order chi connectivity index (χ0) is 26.1. The van der Waals surface area contributed by atoms with E-state index in [4.69, 9.17) is 0 Å². The summed E-state index contributed by atoms with van der Waals surface area (Å²) in [5, 5.41) is 22.1. The third kappa shape index (κ3) is 3.99. The molecule has 0 radical (unpaired) electrons. The van der Waals surface area contributed by atoms with Gasteiger partial charge in [-0.1, -0.05) is 20.8 Å². The Hall–Kier alpha value is -1.53. The second kappa shape index (κ2) is 9.29. The Bertz CT molecular complexity index is 1050. The van der Waals surface area contributed by atoms with E-state index in [1.807, 2.05) is 0 Å². The number of carbonyl (C=O) groups excluding carboxylic acids is 1. The molecule has 0 spiro atoms. The highest BCUT2D eigenvalue weighted by atomic mass is 19.1. The van der Waals surface area contributed by atoms with E-state index in [1.54, 1.807) is 4.90 Å². The van der Waals surface area contributed by atoms with Crippen molar-refractivity contribution in [3.8, 4) is 0 Å². The van der Waals surface area contributed by atoms with Crippen LogP contribution in [0.5, 0.6) is 0 Å². The highest BCUT2D eigenvalue weighted by molar-refractivity contribution is 5.94. The van der Waals surface area contributed by atoms with Crippen LogP contribution < -0.4 is 4.90 Å². The second-order valence-electron chi connectivity index (χ2n) is 13.8. The maximum Gasteiger partial charge on any atom is 0.228 e. The van der Waals surface area contributed by atoms with Gasteiger partial charge < -0.3 is 10.2 Å². The smallest absolute Gasteiger partial charge is 0.228 e. The number of hydrogen-bond donors (Lipinski definition) is 2. The van der Waals surface area contributed by atoms with E-state index in [0.29, 0.717) is 60.7 Å². The molecular weight excluding hydrogens is 467 g/mol. The van der Waals surface area contributed by atoms with Crippen LogP contribution in [-0.4, -0.2) is 39.9 Å². The van der Waals surface area contributed by atoms with Gasteiger partial charge in [0.15, 0.2) is 0 Å². The number of amides is 1. The molecule has 2 heterocycles. The highest BCUT2D eigenvalue weighted by Crippen LogP contribution is 2.68. The van der Waals surface area contributed by atoms with Crippen LogP contribution in [0.2, 0.25) is 0 Å². The predicted octanol–water partition coefficient (Wildman–Crippen LogP) is 5.52. The van der Waals surface area contributed by atoms with Gasteiger partial charge in [0.25, 0.3) is 0 Å². The first kappa shape index (κ1) is 25.7. The number of aromatic nitrogens is 1. The van der Waals surface area contributed by atoms with E-state index in [9.17, 15) is 19.4 Å². The van der Waals surface area contributed by atoms with Gasteiger partial charge in [0.05, 0.1) is 18.4 Å². The van der Waals surface area contributed by atoms with Gasteiger partial charge in [-0.25, -0.2) is 9.37 Å². The molecule has 10 atom stereocenters. The molecule has 6 heteroatoms. The SMILES string of the molecule is C[C@H](CCC(=O)N1CCc2cc(F)cnc21)[C@H]1CC[C@H]2[C@@H]3CC[C@@H]4C[C@H](O)CC[C@]4(C)[C@H]3C[C@H](O)[C@]12C. The number of anilines is 1. The lowest BCUT2D eigenvalue weighted by atomic mass is 9.43. The summed E-state index contributed by atoms with van der Waals surface area (Å²) < 4.78 is 13.5. The maximum absolute atomic E-state index is 13.5. The molecule has 2 N–H and O–H groups in total. The Morgan fingerprint density at radius 2 is 1.97 bits per heavy atom. The third-order valence-corrected chi connectivity index (χ3v) is 12.4. The summed E-state index contributed by atoms with van der Waals surface area (Å²) in [5.74, 6) is 3.55. The monoisotopic (exact) mass is 512 g/mol. The molecule has 1 aromatic rings. The van der Waals surface area contributed by atoms with E-state index >= 15 is 0 Å². The van der Waals surface area contributed by atoms with Crippen molar-refractivity contribution in [3.63, 3.8) is 0 Å². The molecule has 1 amide bonds. The summed E-state index contributed by atoms with van der Waals surface area (Å²) in [6, 6.07) is 1.50. The molecular formula is C31H45FN2O3. The Morgan fingerprint density at radius 3 is 2.78 bits per heavy atom. The van der Waals surface area contributed by atoms with Crippen LogP contribution >= 0.6 is 0 Å². The standard InChI is InChI=1S/C31H45FN2O3/c1-18(4-9-28(37)34-13-11-19-14-21(32)17-33-29(19)34)24-7-8-25-23-6-5-20-15-22(35)10-12-30(20,2)26(23)16-27(36)31(24,25)3/h14,17-18,20,22-27,35-36H,4-13,15-16H2,1-3H3/t18-,20-,22-,23+,24-,25+,26+,27+,30+,31-/m1/s1. The first-order chi connectivity index (χ1) is 17.6. The van der Waals surface area contributed by atoms with Crippen molar-refractivity contribution in [2.24, 2.45) is 46.3 Å². The molecule has 0 unspecified atom stereocenters. The van der Waals surface area contributed by atoms with Crippen LogP contribution in [0.15, 0.2) is 12.3 Å². The Kier molecular flexibility index (Phi) is 6.46. The molecule has 5 aliphatic rings. The summed E-state index contributed by atoms with van der Waals surface area (Å²) >= 11 is 0. The summed E-state index contributed by atoms with van der Waals surface area (Å²) in [6.07, 6.45) is 11.4. The topological polar surface area (TPSA) is 73.7 Å². The van der Waals surface area contributed by atoms with Crippen LogP contribution in [0.3, 0.4) is 0 Å². The van der Waals surface area contributed by atoms with Crippen LogP contribution in [0.1, 0.15) is 90.5 Å². The van der Waals surface area contributed by atoms with Crippen LogP contribution in [0, 0.1) is 52.2 Å². The average molecular weight is 513 g/mol. The van der Waals surface area contributed by atoms with Gasteiger partial charge >= 0.3 is 0 Å². The fourth-order valence-corrected chi connectivity index (χ4v) is 10.3. The van der Waals surface area contributed by atoms with Crippen molar-refractivity contribution in [2.45, 2.75) is 104 Å². The molecule has 4 saturated carbocycles. The van der Waals surface area contributed by atoms with Gasteiger partial charge in [-0.2, -0.15) is 0 Å². The zero-order valence-electron chi connectivity index (χ0n) is 22.8. The lowest BCUT2D eigenvalue weighted by Gasteiger charge is -2.62. The summed E-state index contributed by atoms with van der Waals surface area (Å²) in [4.78, 5) is 19.1. The number of halogens is 1. The summed E-state index contributed by atoms with van der Waals surface area (Å²) in [5.41, 5.74) is 0.993. The van der Waals surface area contributed by atoms with Gasteiger partial charge in [-0.15, -0.1) is 0 Å². The van der Waals surface area contributed by atoms with E-state index in [0.717, 1.165) is 44.1 Å². The van der Waals surface area contributed by atoms with Crippen molar-refractivity contribution in [3.05, 3.63) is 23.6 Å². The minimum atomic E-state index is -0.345. The van der Waals surface area contributed by atoms with Gasteiger partial charge in [0.1, 0.15) is 11.6 Å². The average Bonchev–Trinajstić information content (AvgIpc) is 3.45. The van der Waals surface area contributed by atoms with Crippen molar-refractivity contribution in [2.75, 3.05) is 11.4 Å². The predicted molar refractivity (Wildman–Crippen MR) is 141 cm³/mol. The molecule has 4 fully saturated rings. The minimum Gasteiger partial charge on any atom is -0.393 e. The van der Waals surface area contributed by atoms with Gasteiger partial charge in [0, 0.05) is 13.0 Å². The lowest BCUT2D eigenvalue weighted by molar-refractivity contribution is -0.174. The molecule has 5 nitrogen and oxygen atoms in total. The van der Waals surface area contributed by atoms with E-state index in [-0.39, 0.29) is 34.8 Å². The van der Waals surface area contributed by atoms with Gasteiger partial charge in [-0.05, 0) is 122 Å². The zero-order valence-corrected chi connectivity index (χ0v) is 22.8. The molecule has 1 aliphatic heterocycles. The number of fused-ring (bicyclic) bond motifs is 6. The highest BCUT2D eigenvalue weighted by Gasteiger charge is 2.63. The van der Waals surface area contributed by atoms with Crippen LogP contribution in [-0.2, 0) is 11.2 Å². The molecule has 4 aliphatic carbocycles. The molecule has 1 aromatic heterocycles. The first-order valence-electron chi connectivity index (χ1n) is 14.9. The van der Waals surface area contributed by atoms with Crippen molar-refractivity contribution < 1.29 is 19.4 Å². The molecule has 37 heavy (non-hydrogen) atoms. The van der Waals surface area contributed by atoms with Crippen molar-refractivity contribution in [1.29, 1.82) is 0 Å². The largest absolute Gasteiger partial charge is 0.393 e. The Labute approximate surface area is 221 Å². The van der Waals surface area contributed by atoms with E-state index in [1.165, 1.54) is 31.5 Å².